The Balaban J connectivity index is 1.53. The van der Waals surface area contributed by atoms with Crippen LogP contribution in [0.3, 0.4) is 0 Å². The number of hydrogen-bond donors (Lipinski definition) is 1. The van der Waals surface area contributed by atoms with E-state index >= 15 is 0 Å². The van der Waals surface area contributed by atoms with Crippen molar-refractivity contribution in [2.45, 2.75) is 26.3 Å². The molecule has 3 rings (SSSR count). The quantitative estimate of drug-likeness (QED) is 0.613. The standard InChI is InChI=1S/C21H30N6O/c1-2-23-21(24-16-19-7-5-6-18(14-19)15-22)27-12-10-25(11-13-27)17-20(28)26-8-3-4-9-26/h5-7,14H,2-4,8-13,16-17H2,1H3,(H,23,24). The molecular formula is C21H30N6O. The molecule has 0 unspecified atom stereocenters. The van der Waals surface area contributed by atoms with Gasteiger partial charge in [0.05, 0.1) is 24.7 Å². The smallest absolute Gasteiger partial charge is 0.236 e. The average molecular weight is 383 g/mol. The van der Waals surface area contributed by atoms with Gasteiger partial charge in [-0.3, -0.25) is 9.69 Å². The summed E-state index contributed by atoms with van der Waals surface area (Å²) < 4.78 is 0. The van der Waals surface area contributed by atoms with Gasteiger partial charge in [-0.25, -0.2) is 4.99 Å². The Morgan fingerprint density at radius 1 is 1.14 bits per heavy atom. The van der Waals surface area contributed by atoms with E-state index in [2.05, 4.69) is 28.1 Å². The average Bonchev–Trinajstić information content (AvgIpc) is 3.27. The lowest BCUT2D eigenvalue weighted by atomic mass is 10.1. The minimum atomic E-state index is 0.267. The van der Waals surface area contributed by atoms with Gasteiger partial charge in [-0.1, -0.05) is 12.1 Å². The highest BCUT2D eigenvalue weighted by Gasteiger charge is 2.24. The topological polar surface area (TPSA) is 75.0 Å². The molecule has 0 spiro atoms. The Bertz CT molecular complexity index is 727. The first-order valence-corrected chi connectivity index (χ1v) is 10.2. The van der Waals surface area contributed by atoms with Gasteiger partial charge in [-0.2, -0.15) is 5.26 Å². The minimum Gasteiger partial charge on any atom is -0.357 e. The molecule has 1 aromatic carbocycles. The number of rotatable bonds is 5. The lowest BCUT2D eigenvalue weighted by Crippen LogP contribution is -2.54. The summed E-state index contributed by atoms with van der Waals surface area (Å²) in [7, 11) is 0. The molecule has 0 radical (unpaired) electrons. The maximum Gasteiger partial charge on any atom is 0.236 e. The van der Waals surface area contributed by atoms with Gasteiger partial charge < -0.3 is 15.1 Å². The molecule has 28 heavy (non-hydrogen) atoms. The number of nitriles is 1. The molecule has 2 aliphatic heterocycles. The predicted octanol–water partition coefficient (Wildman–Crippen LogP) is 1.26. The van der Waals surface area contributed by atoms with E-state index in [1.165, 1.54) is 0 Å². The fourth-order valence-corrected chi connectivity index (χ4v) is 3.71. The van der Waals surface area contributed by atoms with Gasteiger partial charge in [-0.15, -0.1) is 0 Å². The summed E-state index contributed by atoms with van der Waals surface area (Å²) in [6.45, 7) is 9.25. The number of nitrogens with zero attached hydrogens (tertiary/aromatic N) is 5. The van der Waals surface area contributed by atoms with Gasteiger partial charge in [0.15, 0.2) is 5.96 Å². The van der Waals surface area contributed by atoms with Crippen LogP contribution in [0.5, 0.6) is 0 Å². The number of carbonyl (C=O) groups is 1. The van der Waals surface area contributed by atoms with E-state index in [1.54, 1.807) is 6.07 Å². The van der Waals surface area contributed by atoms with Crippen LogP contribution < -0.4 is 5.32 Å². The van der Waals surface area contributed by atoms with Crippen molar-refractivity contribution in [2.24, 2.45) is 4.99 Å². The molecule has 0 aromatic heterocycles. The van der Waals surface area contributed by atoms with Crippen LogP contribution in [-0.2, 0) is 11.3 Å². The summed E-state index contributed by atoms with van der Waals surface area (Å²) in [6, 6.07) is 9.75. The molecule has 0 aliphatic carbocycles. The van der Waals surface area contributed by atoms with Crippen LogP contribution in [0.4, 0.5) is 0 Å². The summed E-state index contributed by atoms with van der Waals surface area (Å²) in [5.74, 6) is 1.17. The molecule has 2 aliphatic rings. The first kappa shape index (κ1) is 20.2. The van der Waals surface area contributed by atoms with Crippen molar-refractivity contribution >= 4 is 11.9 Å². The van der Waals surface area contributed by atoms with E-state index in [9.17, 15) is 4.79 Å². The van der Waals surface area contributed by atoms with Crippen molar-refractivity contribution < 1.29 is 4.79 Å². The zero-order chi connectivity index (χ0) is 19.8. The van der Waals surface area contributed by atoms with Crippen molar-refractivity contribution in [2.75, 3.05) is 52.4 Å². The normalized spacial score (nSPS) is 18.2. The number of nitrogens with one attached hydrogen (secondary N) is 1. The molecule has 7 heteroatoms. The number of likely N-dealkylation sites (tertiary alicyclic amines) is 1. The highest BCUT2D eigenvalue weighted by Crippen LogP contribution is 2.10. The summed E-state index contributed by atoms with van der Waals surface area (Å²) in [5, 5.41) is 12.4. The number of carbonyl (C=O) groups excluding carboxylic acids is 1. The highest BCUT2D eigenvalue weighted by molar-refractivity contribution is 5.80. The van der Waals surface area contributed by atoms with E-state index in [-0.39, 0.29) is 5.91 Å². The van der Waals surface area contributed by atoms with Crippen LogP contribution in [0.15, 0.2) is 29.3 Å². The molecule has 2 heterocycles. The van der Waals surface area contributed by atoms with Gasteiger partial charge in [-0.05, 0) is 37.5 Å². The van der Waals surface area contributed by atoms with E-state index in [4.69, 9.17) is 10.3 Å². The molecule has 1 N–H and O–H groups in total. The Morgan fingerprint density at radius 2 is 1.89 bits per heavy atom. The van der Waals surface area contributed by atoms with Gasteiger partial charge >= 0.3 is 0 Å². The first-order valence-electron chi connectivity index (χ1n) is 10.2. The van der Waals surface area contributed by atoms with Crippen LogP contribution in [0.1, 0.15) is 30.9 Å². The zero-order valence-corrected chi connectivity index (χ0v) is 16.7. The van der Waals surface area contributed by atoms with E-state index in [1.807, 2.05) is 23.1 Å². The third kappa shape index (κ3) is 5.46. The molecule has 1 aromatic rings. The van der Waals surface area contributed by atoms with Crippen LogP contribution in [-0.4, -0.2) is 78.9 Å². The number of benzene rings is 1. The third-order valence-corrected chi connectivity index (χ3v) is 5.29. The van der Waals surface area contributed by atoms with Gasteiger partial charge in [0.2, 0.25) is 5.91 Å². The molecule has 0 bridgehead atoms. The molecule has 2 saturated heterocycles. The first-order chi connectivity index (χ1) is 13.7. The van der Waals surface area contributed by atoms with Crippen LogP contribution in [0.2, 0.25) is 0 Å². The summed E-state index contributed by atoms with van der Waals surface area (Å²) >= 11 is 0. The van der Waals surface area contributed by atoms with Crippen molar-refractivity contribution in [3.05, 3.63) is 35.4 Å². The fourth-order valence-electron chi connectivity index (χ4n) is 3.71. The van der Waals surface area contributed by atoms with Gasteiger partial charge in [0, 0.05) is 45.8 Å². The van der Waals surface area contributed by atoms with E-state index in [0.29, 0.717) is 18.7 Å². The summed E-state index contributed by atoms with van der Waals surface area (Å²) in [4.78, 5) is 23.6. The third-order valence-electron chi connectivity index (χ3n) is 5.29. The van der Waals surface area contributed by atoms with Crippen molar-refractivity contribution in [1.29, 1.82) is 5.26 Å². The minimum absolute atomic E-state index is 0.267. The molecule has 0 atom stereocenters. The Labute approximate surface area is 167 Å². The number of piperazine rings is 1. The fraction of sp³-hybridized carbons (Fsp3) is 0.571. The second-order valence-electron chi connectivity index (χ2n) is 7.33. The van der Waals surface area contributed by atoms with Crippen molar-refractivity contribution in [1.82, 2.24) is 20.0 Å². The summed E-state index contributed by atoms with van der Waals surface area (Å²) in [6.07, 6.45) is 2.28. The number of aliphatic imine (C=N–C) groups is 1. The largest absolute Gasteiger partial charge is 0.357 e. The number of amides is 1. The molecular weight excluding hydrogens is 352 g/mol. The molecule has 1 amide bonds. The van der Waals surface area contributed by atoms with Crippen LogP contribution in [0.25, 0.3) is 0 Å². The highest BCUT2D eigenvalue weighted by atomic mass is 16.2. The van der Waals surface area contributed by atoms with Crippen LogP contribution in [0, 0.1) is 11.3 Å². The second kappa shape index (κ2) is 10.1. The lowest BCUT2D eigenvalue weighted by molar-refractivity contribution is -0.131. The monoisotopic (exact) mass is 382 g/mol. The van der Waals surface area contributed by atoms with Gasteiger partial charge in [0.25, 0.3) is 0 Å². The second-order valence-corrected chi connectivity index (χ2v) is 7.33. The predicted molar refractivity (Wildman–Crippen MR) is 110 cm³/mol. The molecule has 0 saturated carbocycles. The molecule has 150 valence electrons. The molecule has 2 fully saturated rings. The Hall–Kier alpha value is -2.59. The van der Waals surface area contributed by atoms with Crippen molar-refractivity contribution in [3.8, 4) is 6.07 Å². The number of hydrogen-bond acceptors (Lipinski definition) is 4. The SMILES string of the molecule is CCNC(=NCc1cccc(C#N)c1)N1CCN(CC(=O)N2CCCC2)CC1. The summed E-state index contributed by atoms with van der Waals surface area (Å²) in [5.41, 5.74) is 1.69. The van der Waals surface area contributed by atoms with Crippen LogP contribution >= 0.6 is 0 Å². The zero-order valence-electron chi connectivity index (χ0n) is 16.7. The molecule has 7 nitrogen and oxygen atoms in total. The maximum absolute atomic E-state index is 12.4. The maximum atomic E-state index is 12.4. The van der Waals surface area contributed by atoms with E-state index in [0.717, 1.165) is 70.2 Å². The van der Waals surface area contributed by atoms with Gasteiger partial charge in [0.1, 0.15) is 0 Å². The van der Waals surface area contributed by atoms with Crippen molar-refractivity contribution in [3.63, 3.8) is 0 Å². The Morgan fingerprint density at radius 3 is 2.57 bits per heavy atom. The van der Waals surface area contributed by atoms with E-state index < -0.39 is 0 Å². The Kier molecular flexibility index (Phi) is 7.26. The number of guanidine groups is 1. The lowest BCUT2D eigenvalue weighted by Gasteiger charge is -2.36.